The SMILES string of the molecule is CCCCCCCCCC/C=C/OC(=O)CCC(=O)[O-].[Zn+2]. The smallest absolute Gasteiger partial charge is 0.550 e. The van der Waals surface area contributed by atoms with Gasteiger partial charge in [0.15, 0.2) is 0 Å². The first-order chi connectivity index (χ1) is 9.66. The predicted octanol–water partition coefficient (Wildman–Crippen LogP) is 3.10. The van der Waals surface area contributed by atoms with Gasteiger partial charge in [0, 0.05) is 5.97 Å². The summed E-state index contributed by atoms with van der Waals surface area (Å²) in [6.45, 7) is 2.22. The van der Waals surface area contributed by atoms with E-state index in [0.29, 0.717) is 0 Å². The minimum absolute atomic E-state index is 0. The Hall–Kier alpha value is -0.697. The van der Waals surface area contributed by atoms with Crippen LogP contribution in [-0.2, 0) is 33.8 Å². The Morgan fingerprint density at radius 3 is 2.10 bits per heavy atom. The molecule has 0 radical (unpaired) electrons. The zero-order chi connectivity index (χ0) is 15.1. The summed E-state index contributed by atoms with van der Waals surface area (Å²) in [7, 11) is 0. The number of unbranched alkanes of at least 4 members (excludes halogenated alkanes) is 8. The largest absolute Gasteiger partial charge is 2.00 e. The van der Waals surface area contributed by atoms with Crippen molar-refractivity contribution >= 4 is 11.9 Å². The molecule has 0 spiro atoms. The van der Waals surface area contributed by atoms with Crippen LogP contribution < -0.4 is 5.11 Å². The Morgan fingerprint density at radius 1 is 0.952 bits per heavy atom. The van der Waals surface area contributed by atoms with E-state index >= 15 is 0 Å². The summed E-state index contributed by atoms with van der Waals surface area (Å²) < 4.78 is 4.75. The molecule has 0 bridgehead atoms. The maximum Gasteiger partial charge on any atom is 2.00 e. The molecule has 0 saturated carbocycles. The molecular weight excluding hydrogens is 322 g/mol. The average molecular weight is 349 g/mol. The Balaban J connectivity index is 0. The number of carboxylic acid groups (broad SMARTS) is 1. The van der Waals surface area contributed by atoms with Crippen LogP contribution in [0.4, 0.5) is 0 Å². The molecule has 0 aliphatic carbocycles. The predicted molar refractivity (Wildman–Crippen MR) is 76.7 cm³/mol. The van der Waals surface area contributed by atoms with Crippen molar-refractivity contribution in [2.24, 2.45) is 0 Å². The average Bonchev–Trinajstić information content (AvgIpc) is 2.42. The molecule has 0 rings (SSSR count). The number of carboxylic acids is 1. The van der Waals surface area contributed by atoms with E-state index in [1.165, 1.54) is 51.2 Å². The van der Waals surface area contributed by atoms with Crippen LogP contribution >= 0.6 is 0 Å². The van der Waals surface area contributed by atoms with Crippen molar-refractivity contribution in [1.82, 2.24) is 0 Å². The maximum atomic E-state index is 11.0. The molecule has 4 nitrogen and oxygen atoms in total. The van der Waals surface area contributed by atoms with E-state index in [1.54, 1.807) is 0 Å². The van der Waals surface area contributed by atoms with Crippen LogP contribution in [0.15, 0.2) is 12.3 Å². The van der Waals surface area contributed by atoms with E-state index in [1.807, 2.05) is 6.08 Å². The molecule has 0 unspecified atom stereocenters. The minimum atomic E-state index is -1.23. The molecule has 0 aliphatic heterocycles. The summed E-state index contributed by atoms with van der Waals surface area (Å²) in [6, 6.07) is 0. The summed E-state index contributed by atoms with van der Waals surface area (Å²) >= 11 is 0. The van der Waals surface area contributed by atoms with E-state index in [-0.39, 0.29) is 32.3 Å². The Bertz CT molecular complexity index is 290. The monoisotopic (exact) mass is 347 g/mol. The zero-order valence-electron chi connectivity index (χ0n) is 13.3. The number of carbonyl (C=O) groups excluding carboxylic acids is 2. The number of carbonyl (C=O) groups is 2. The van der Waals surface area contributed by atoms with Gasteiger partial charge < -0.3 is 14.6 Å². The van der Waals surface area contributed by atoms with Crippen molar-refractivity contribution in [2.45, 2.75) is 77.6 Å². The van der Waals surface area contributed by atoms with Gasteiger partial charge in [-0.1, -0.05) is 51.9 Å². The Kier molecular flexibility index (Phi) is 18.7. The van der Waals surface area contributed by atoms with Gasteiger partial charge in [-0.3, -0.25) is 4.79 Å². The third-order valence-corrected chi connectivity index (χ3v) is 3.05. The number of esters is 1. The van der Waals surface area contributed by atoms with Gasteiger partial charge in [-0.2, -0.15) is 0 Å². The summed E-state index contributed by atoms with van der Waals surface area (Å²) in [6.07, 6.45) is 13.8. The van der Waals surface area contributed by atoms with E-state index in [9.17, 15) is 14.7 Å². The standard InChI is InChI=1S/C16H28O4.Zn/c1-2-3-4-5-6-7-8-9-10-11-14-20-16(19)13-12-15(17)18;/h11,14H,2-10,12-13H2,1H3,(H,17,18);/q;+2/p-1/b14-11+;. The maximum absolute atomic E-state index is 11.0. The molecule has 0 heterocycles. The quantitative estimate of drug-likeness (QED) is 0.222. The van der Waals surface area contributed by atoms with Crippen LogP contribution in [0.25, 0.3) is 0 Å². The van der Waals surface area contributed by atoms with Crippen molar-refractivity contribution in [3.05, 3.63) is 12.3 Å². The van der Waals surface area contributed by atoms with Crippen LogP contribution in [0.3, 0.4) is 0 Å². The van der Waals surface area contributed by atoms with Crippen molar-refractivity contribution < 1.29 is 38.9 Å². The Labute approximate surface area is 141 Å². The van der Waals surface area contributed by atoms with Crippen molar-refractivity contribution in [3.8, 4) is 0 Å². The van der Waals surface area contributed by atoms with Gasteiger partial charge in [0.1, 0.15) is 0 Å². The topological polar surface area (TPSA) is 66.4 Å². The fourth-order valence-electron chi connectivity index (χ4n) is 1.85. The molecule has 0 atom stereocenters. The molecule has 116 valence electrons. The van der Waals surface area contributed by atoms with Crippen molar-refractivity contribution in [2.75, 3.05) is 0 Å². The normalized spacial score (nSPS) is 10.3. The van der Waals surface area contributed by atoms with E-state index in [0.717, 1.165) is 12.8 Å². The van der Waals surface area contributed by atoms with Gasteiger partial charge >= 0.3 is 25.4 Å². The number of allylic oxidation sites excluding steroid dienone is 1. The summed E-state index contributed by atoms with van der Waals surface area (Å²) in [5, 5.41) is 10.1. The van der Waals surface area contributed by atoms with Crippen LogP contribution in [-0.4, -0.2) is 11.9 Å². The van der Waals surface area contributed by atoms with Crippen LogP contribution in [0.2, 0.25) is 0 Å². The molecule has 0 amide bonds. The number of aliphatic carboxylic acids is 1. The van der Waals surface area contributed by atoms with E-state index in [2.05, 4.69) is 6.92 Å². The van der Waals surface area contributed by atoms with Gasteiger partial charge in [0.25, 0.3) is 0 Å². The fourth-order valence-corrected chi connectivity index (χ4v) is 1.85. The second-order valence-electron chi connectivity index (χ2n) is 5.00. The second kappa shape index (κ2) is 17.4. The third-order valence-electron chi connectivity index (χ3n) is 3.05. The molecule has 0 N–H and O–H groups in total. The summed E-state index contributed by atoms with van der Waals surface area (Å²) in [4.78, 5) is 21.2. The van der Waals surface area contributed by atoms with Gasteiger partial charge in [0.05, 0.1) is 12.7 Å². The van der Waals surface area contributed by atoms with Crippen molar-refractivity contribution in [1.29, 1.82) is 0 Å². The molecule has 0 aromatic carbocycles. The molecule has 0 aromatic rings. The first-order valence-electron chi connectivity index (χ1n) is 7.71. The van der Waals surface area contributed by atoms with Crippen LogP contribution in [0.5, 0.6) is 0 Å². The van der Waals surface area contributed by atoms with Gasteiger partial charge in [-0.05, 0) is 25.3 Å². The number of rotatable bonds is 13. The molecular formula is C16H27O4Zn+. The van der Waals surface area contributed by atoms with Crippen molar-refractivity contribution in [3.63, 3.8) is 0 Å². The minimum Gasteiger partial charge on any atom is -0.550 e. The first-order valence-corrected chi connectivity index (χ1v) is 7.71. The van der Waals surface area contributed by atoms with E-state index < -0.39 is 11.9 Å². The number of hydrogen-bond donors (Lipinski definition) is 0. The Morgan fingerprint density at radius 2 is 1.52 bits per heavy atom. The molecule has 0 aliphatic rings. The molecule has 5 heteroatoms. The van der Waals surface area contributed by atoms with E-state index in [4.69, 9.17) is 4.74 Å². The van der Waals surface area contributed by atoms with Gasteiger partial charge in [-0.25, -0.2) is 0 Å². The number of ether oxygens (including phenoxy) is 1. The zero-order valence-corrected chi connectivity index (χ0v) is 16.2. The molecule has 0 aromatic heterocycles. The summed E-state index contributed by atoms with van der Waals surface area (Å²) in [5.41, 5.74) is 0. The number of hydrogen-bond acceptors (Lipinski definition) is 4. The van der Waals surface area contributed by atoms with Crippen LogP contribution in [0, 0.1) is 0 Å². The molecule has 0 saturated heterocycles. The van der Waals surface area contributed by atoms with Crippen LogP contribution in [0.1, 0.15) is 77.6 Å². The second-order valence-corrected chi connectivity index (χ2v) is 5.00. The van der Waals surface area contributed by atoms with Gasteiger partial charge in [-0.15, -0.1) is 0 Å². The molecule has 0 fully saturated rings. The molecule has 21 heavy (non-hydrogen) atoms. The third kappa shape index (κ3) is 19.3. The first kappa shape index (κ1) is 22.6. The fraction of sp³-hybridized carbons (Fsp3) is 0.750. The van der Waals surface area contributed by atoms with Gasteiger partial charge in [0.2, 0.25) is 0 Å². The summed E-state index contributed by atoms with van der Waals surface area (Å²) in [5.74, 6) is -1.76.